The molecular formula is C38H44. The second kappa shape index (κ2) is 10.0. The summed E-state index contributed by atoms with van der Waals surface area (Å²) < 4.78 is 0. The number of hydrogen-bond donors (Lipinski definition) is 0. The first-order valence-corrected chi connectivity index (χ1v) is 15.0. The highest BCUT2D eigenvalue weighted by Gasteiger charge is 2.56. The molecule has 6 rings (SSSR count). The van der Waals surface area contributed by atoms with Gasteiger partial charge in [0.15, 0.2) is 0 Å². The van der Waals surface area contributed by atoms with Crippen molar-refractivity contribution < 1.29 is 0 Å². The first kappa shape index (κ1) is 25.4. The molecule has 1 aromatic carbocycles. The Morgan fingerprint density at radius 1 is 0.842 bits per heavy atom. The molecule has 0 aliphatic heterocycles. The van der Waals surface area contributed by atoms with Crippen LogP contribution in [0.3, 0.4) is 0 Å². The fraction of sp³-hybridized carbons (Fsp3) is 0.421. The summed E-state index contributed by atoms with van der Waals surface area (Å²) in [6, 6.07) is 11.3. The zero-order valence-corrected chi connectivity index (χ0v) is 23.8. The van der Waals surface area contributed by atoms with Crippen molar-refractivity contribution in [2.24, 2.45) is 34.5 Å². The Morgan fingerprint density at radius 2 is 1.53 bits per heavy atom. The van der Waals surface area contributed by atoms with Crippen molar-refractivity contribution in [1.82, 2.24) is 0 Å². The van der Waals surface area contributed by atoms with Gasteiger partial charge in [0, 0.05) is 17.3 Å². The molecule has 5 aliphatic carbocycles. The van der Waals surface area contributed by atoms with Crippen molar-refractivity contribution in [3.63, 3.8) is 0 Å². The van der Waals surface area contributed by atoms with Gasteiger partial charge in [-0.2, -0.15) is 0 Å². The number of benzene rings is 1. The van der Waals surface area contributed by atoms with Gasteiger partial charge in [0.1, 0.15) is 0 Å². The van der Waals surface area contributed by atoms with Crippen LogP contribution in [0.2, 0.25) is 0 Å². The van der Waals surface area contributed by atoms with Crippen LogP contribution in [0, 0.1) is 34.5 Å². The van der Waals surface area contributed by atoms with Crippen LogP contribution < -0.4 is 0 Å². The lowest BCUT2D eigenvalue weighted by molar-refractivity contribution is 0.262. The van der Waals surface area contributed by atoms with Gasteiger partial charge >= 0.3 is 0 Å². The predicted molar refractivity (Wildman–Crippen MR) is 163 cm³/mol. The minimum absolute atomic E-state index is 0.0578. The molecule has 196 valence electrons. The molecule has 3 atom stereocenters. The third kappa shape index (κ3) is 4.12. The Kier molecular flexibility index (Phi) is 6.71. The summed E-state index contributed by atoms with van der Waals surface area (Å²) in [6.45, 7) is 9.82. The third-order valence-electron chi connectivity index (χ3n) is 9.78. The van der Waals surface area contributed by atoms with Crippen molar-refractivity contribution in [1.29, 1.82) is 0 Å². The molecule has 5 aliphatic rings. The average Bonchev–Trinajstić information content (AvgIpc) is 3.71. The maximum Gasteiger partial charge on any atom is 0.0211 e. The van der Waals surface area contributed by atoms with Gasteiger partial charge in [-0.05, 0) is 71.6 Å². The van der Waals surface area contributed by atoms with Gasteiger partial charge in [-0.3, -0.25) is 0 Å². The molecule has 3 unspecified atom stereocenters. The largest absolute Gasteiger partial charge is 0.0839 e. The molecule has 0 bridgehead atoms. The van der Waals surface area contributed by atoms with Gasteiger partial charge in [-0.25, -0.2) is 0 Å². The van der Waals surface area contributed by atoms with E-state index in [-0.39, 0.29) is 10.8 Å². The quantitative estimate of drug-likeness (QED) is 0.349. The summed E-state index contributed by atoms with van der Waals surface area (Å²) >= 11 is 0. The normalized spacial score (nSPS) is 28.9. The van der Waals surface area contributed by atoms with Crippen LogP contribution in [0.25, 0.3) is 0 Å². The van der Waals surface area contributed by atoms with Gasteiger partial charge in [-0.15, -0.1) is 0 Å². The van der Waals surface area contributed by atoms with Crippen LogP contribution in [0.1, 0.15) is 65.4 Å². The molecule has 1 aromatic rings. The van der Waals surface area contributed by atoms with Crippen LogP contribution in [0.15, 0.2) is 125 Å². The second-order valence-corrected chi connectivity index (χ2v) is 13.1. The molecule has 0 spiro atoms. The highest BCUT2D eigenvalue weighted by molar-refractivity contribution is 5.64. The zero-order valence-electron chi connectivity index (χ0n) is 23.8. The molecule has 38 heavy (non-hydrogen) atoms. The Labute approximate surface area is 231 Å². The highest BCUT2D eigenvalue weighted by atomic mass is 14.6. The number of rotatable bonds is 7. The minimum atomic E-state index is 0.0578. The fourth-order valence-corrected chi connectivity index (χ4v) is 8.56. The van der Waals surface area contributed by atoms with Crippen LogP contribution in [-0.2, 0) is 6.42 Å². The van der Waals surface area contributed by atoms with E-state index in [0.717, 1.165) is 12.3 Å². The molecular weight excluding hydrogens is 456 g/mol. The lowest BCUT2D eigenvalue weighted by Gasteiger charge is -2.45. The summed E-state index contributed by atoms with van der Waals surface area (Å²) in [6.07, 6.45) is 33.6. The van der Waals surface area contributed by atoms with Crippen molar-refractivity contribution in [2.75, 3.05) is 0 Å². The van der Waals surface area contributed by atoms with Crippen LogP contribution in [-0.4, -0.2) is 0 Å². The fourth-order valence-electron chi connectivity index (χ4n) is 8.56. The first-order chi connectivity index (χ1) is 18.4. The number of allylic oxidation sites excluding steroid dienone is 16. The lowest BCUT2D eigenvalue weighted by Crippen LogP contribution is -2.37. The summed E-state index contributed by atoms with van der Waals surface area (Å²) in [7, 11) is 0. The van der Waals surface area contributed by atoms with E-state index in [1.807, 2.05) is 0 Å². The summed E-state index contributed by atoms with van der Waals surface area (Å²) in [5, 5.41) is 0. The summed E-state index contributed by atoms with van der Waals surface area (Å²) in [4.78, 5) is 0. The lowest BCUT2D eigenvalue weighted by atomic mass is 9.58. The van der Waals surface area contributed by atoms with Gasteiger partial charge in [0.2, 0.25) is 0 Å². The zero-order chi connectivity index (χ0) is 26.3. The SMILES string of the molecule is CCCC1(C2CCC3CC=CC=C32)C(Cc2ccccc2)=C(C2C=CC=C2)C(C(C)(C)C)=C1C1C=CC=C1. The molecule has 0 amide bonds. The molecule has 0 N–H and O–H groups in total. The topological polar surface area (TPSA) is 0 Å². The minimum Gasteiger partial charge on any atom is -0.0839 e. The van der Waals surface area contributed by atoms with E-state index in [1.54, 1.807) is 27.9 Å². The van der Waals surface area contributed by atoms with Crippen molar-refractivity contribution >= 4 is 0 Å². The van der Waals surface area contributed by atoms with Crippen LogP contribution >= 0.6 is 0 Å². The molecule has 0 radical (unpaired) electrons. The Balaban J connectivity index is 1.68. The Morgan fingerprint density at radius 3 is 2.18 bits per heavy atom. The average molecular weight is 501 g/mol. The third-order valence-corrected chi connectivity index (χ3v) is 9.78. The molecule has 0 nitrogen and oxygen atoms in total. The molecule has 0 heteroatoms. The van der Waals surface area contributed by atoms with Crippen molar-refractivity contribution in [3.8, 4) is 0 Å². The van der Waals surface area contributed by atoms with Gasteiger partial charge in [0.25, 0.3) is 0 Å². The van der Waals surface area contributed by atoms with E-state index in [0.29, 0.717) is 17.8 Å². The summed E-state index contributed by atoms with van der Waals surface area (Å²) in [5.74, 6) is 2.05. The maximum atomic E-state index is 2.52. The van der Waals surface area contributed by atoms with Gasteiger partial charge < -0.3 is 0 Å². The Bertz CT molecular complexity index is 1290. The van der Waals surface area contributed by atoms with Crippen molar-refractivity contribution in [3.05, 3.63) is 131 Å². The Hall–Kier alpha value is -2.86. The predicted octanol–water partition coefficient (Wildman–Crippen LogP) is 10.1. The van der Waals surface area contributed by atoms with E-state index in [4.69, 9.17) is 0 Å². The maximum absolute atomic E-state index is 2.52. The van der Waals surface area contributed by atoms with E-state index >= 15 is 0 Å². The van der Waals surface area contributed by atoms with E-state index < -0.39 is 0 Å². The van der Waals surface area contributed by atoms with Gasteiger partial charge in [0.05, 0.1) is 0 Å². The molecule has 1 fully saturated rings. The first-order valence-electron chi connectivity index (χ1n) is 15.0. The smallest absolute Gasteiger partial charge is 0.0211 e. The van der Waals surface area contributed by atoms with Crippen LogP contribution in [0.5, 0.6) is 0 Å². The van der Waals surface area contributed by atoms with E-state index in [1.165, 1.54) is 37.7 Å². The molecule has 0 aromatic heterocycles. The second-order valence-electron chi connectivity index (χ2n) is 13.1. The number of hydrogen-bond acceptors (Lipinski definition) is 0. The van der Waals surface area contributed by atoms with E-state index in [9.17, 15) is 0 Å². The van der Waals surface area contributed by atoms with Gasteiger partial charge in [-0.1, -0.05) is 142 Å². The molecule has 0 saturated heterocycles. The molecule has 0 heterocycles. The van der Waals surface area contributed by atoms with E-state index in [2.05, 4.69) is 125 Å². The van der Waals surface area contributed by atoms with Crippen molar-refractivity contribution in [2.45, 2.75) is 66.2 Å². The van der Waals surface area contributed by atoms with Crippen LogP contribution in [0.4, 0.5) is 0 Å². The standard InChI is InChI=1S/C38H44/c1-5-25-38(32-24-23-28-17-13-14-22-31(28)32)33(26-27-15-7-6-8-16-27)34(29-18-9-10-19-29)36(37(2,3)4)35(38)30-20-11-12-21-30/h6-16,18-22,28-30,32H,5,17,23-26H2,1-4H3. The summed E-state index contributed by atoms with van der Waals surface area (Å²) in [5.41, 5.74) is 10.0. The number of fused-ring (bicyclic) bond motifs is 1. The molecule has 1 saturated carbocycles. The highest BCUT2D eigenvalue weighted by Crippen LogP contribution is 2.67. The monoisotopic (exact) mass is 500 g/mol.